The molecular weight excluding hydrogens is 322 g/mol. The Morgan fingerprint density at radius 2 is 1.88 bits per heavy atom. The minimum absolute atomic E-state index is 0.353. The Labute approximate surface area is 147 Å². The van der Waals surface area contributed by atoms with Crippen LogP contribution in [0.1, 0.15) is 5.56 Å². The zero-order chi connectivity index (χ0) is 17.4. The van der Waals surface area contributed by atoms with Crippen LogP contribution in [0.3, 0.4) is 0 Å². The molecule has 0 saturated heterocycles. The molecule has 0 aliphatic carbocycles. The molecule has 24 heavy (non-hydrogen) atoms. The fourth-order valence-electron chi connectivity index (χ4n) is 2.05. The van der Waals surface area contributed by atoms with Crippen molar-refractivity contribution in [2.75, 3.05) is 31.8 Å². The van der Waals surface area contributed by atoms with E-state index in [-0.39, 0.29) is 0 Å². The monoisotopic (exact) mass is 345 g/mol. The Kier molecular flexibility index (Phi) is 6.81. The molecule has 0 aromatic heterocycles. The zero-order valence-electron chi connectivity index (χ0n) is 14.2. The average molecular weight is 345 g/mol. The van der Waals surface area contributed by atoms with Crippen molar-refractivity contribution < 1.29 is 9.47 Å². The second-order valence-electron chi connectivity index (χ2n) is 5.12. The number of benzene rings is 2. The summed E-state index contributed by atoms with van der Waals surface area (Å²) < 4.78 is 10.5. The number of aryl methyl sites for hydroxylation is 1. The van der Waals surface area contributed by atoms with Crippen LogP contribution < -0.4 is 20.5 Å². The maximum atomic E-state index is 5.95. The number of ether oxygens (including phenoxy) is 2. The Bertz CT molecular complexity index is 687. The van der Waals surface area contributed by atoms with Gasteiger partial charge in [-0.3, -0.25) is 4.99 Å². The summed E-state index contributed by atoms with van der Waals surface area (Å²) >= 11 is 1.76. The first-order valence-corrected chi connectivity index (χ1v) is 8.59. The highest BCUT2D eigenvalue weighted by Gasteiger charge is 2.06. The number of thioether (sulfide) groups is 1. The molecule has 2 aromatic carbocycles. The highest BCUT2D eigenvalue weighted by atomic mass is 32.2. The molecule has 3 N–H and O–H groups in total. The normalized spacial score (nSPS) is 11.2. The minimum Gasteiger partial charge on any atom is -0.497 e. The van der Waals surface area contributed by atoms with Gasteiger partial charge in [0.25, 0.3) is 0 Å². The first-order chi connectivity index (χ1) is 11.6. The first-order valence-electron chi connectivity index (χ1n) is 7.61. The van der Waals surface area contributed by atoms with Gasteiger partial charge in [0.05, 0.1) is 26.5 Å². The molecule has 0 heterocycles. The van der Waals surface area contributed by atoms with Crippen molar-refractivity contribution in [3.05, 3.63) is 48.0 Å². The standard InChI is InChI=1S/C18H23N3O2S/c1-13-4-7-15(8-5-13)24-11-10-20-18(19)21-16-12-14(22-2)6-9-17(16)23-3/h4-9,12H,10-11H2,1-3H3,(H3,19,20,21). The molecule has 0 saturated carbocycles. The van der Waals surface area contributed by atoms with E-state index < -0.39 is 0 Å². The molecule has 0 bridgehead atoms. The van der Waals surface area contributed by atoms with Gasteiger partial charge in [-0.1, -0.05) is 17.7 Å². The van der Waals surface area contributed by atoms with Crippen LogP contribution in [-0.2, 0) is 0 Å². The summed E-state index contributed by atoms with van der Waals surface area (Å²) in [5, 5.41) is 3.06. The van der Waals surface area contributed by atoms with E-state index >= 15 is 0 Å². The SMILES string of the molecule is COc1ccc(OC)c(NC(N)=NCCSc2ccc(C)cc2)c1. The van der Waals surface area contributed by atoms with Crippen molar-refractivity contribution in [1.82, 2.24) is 0 Å². The molecule has 0 spiro atoms. The van der Waals surface area contributed by atoms with Crippen LogP contribution in [0.15, 0.2) is 52.4 Å². The highest BCUT2D eigenvalue weighted by Crippen LogP contribution is 2.28. The summed E-state index contributed by atoms with van der Waals surface area (Å²) in [6.45, 7) is 2.71. The number of anilines is 1. The van der Waals surface area contributed by atoms with E-state index in [9.17, 15) is 0 Å². The van der Waals surface area contributed by atoms with E-state index in [0.717, 1.165) is 17.2 Å². The van der Waals surface area contributed by atoms with Gasteiger partial charge in [-0.05, 0) is 31.2 Å². The second kappa shape index (κ2) is 9.08. The van der Waals surface area contributed by atoms with Gasteiger partial charge >= 0.3 is 0 Å². The molecule has 128 valence electrons. The molecule has 2 rings (SSSR count). The summed E-state index contributed by atoms with van der Waals surface area (Å²) in [4.78, 5) is 5.58. The van der Waals surface area contributed by atoms with E-state index in [1.54, 1.807) is 26.0 Å². The van der Waals surface area contributed by atoms with Crippen LogP contribution in [0.2, 0.25) is 0 Å². The molecule has 0 fully saturated rings. The molecule has 6 heteroatoms. The lowest BCUT2D eigenvalue weighted by Crippen LogP contribution is -2.23. The Morgan fingerprint density at radius 1 is 1.12 bits per heavy atom. The lowest BCUT2D eigenvalue weighted by Gasteiger charge is -2.12. The van der Waals surface area contributed by atoms with Crippen molar-refractivity contribution in [3.63, 3.8) is 0 Å². The van der Waals surface area contributed by atoms with Crippen LogP contribution in [-0.4, -0.2) is 32.5 Å². The number of nitrogens with zero attached hydrogens (tertiary/aromatic N) is 1. The maximum Gasteiger partial charge on any atom is 0.193 e. The fraction of sp³-hybridized carbons (Fsp3) is 0.278. The van der Waals surface area contributed by atoms with Crippen LogP contribution in [0.25, 0.3) is 0 Å². The van der Waals surface area contributed by atoms with E-state index in [4.69, 9.17) is 15.2 Å². The smallest absolute Gasteiger partial charge is 0.193 e. The Balaban J connectivity index is 1.88. The first kappa shape index (κ1) is 18.0. The molecule has 0 atom stereocenters. The molecule has 0 radical (unpaired) electrons. The number of nitrogens with one attached hydrogen (secondary N) is 1. The summed E-state index contributed by atoms with van der Waals surface area (Å²) in [6.07, 6.45) is 0. The van der Waals surface area contributed by atoms with E-state index in [1.165, 1.54) is 10.5 Å². The summed E-state index contributed by atoms with van der Waals surface area (Å²) in [5.74, 6) is 2.62. The van der Waals surface area contributed by atoms with Crippen molar-refractivity contribution in [3.8, 4) is 11.5 Å². The van der Waals surface area contributed by atoms with Gasteiger partial charge in [-0.15, -0.1) is 11.8 Å². The third-order valence-electron chi connectivity index (χ3n) is 3.33. The Morgan fingerprint density at radius 3 is 2.54 bits per heavy atom. The molecule has 0 aliphatic rings. The zero-order valence-corrected chi connectivity index (χ0v) is 15.0. The van der Waals surface area contributed by atoms with Gasteiger partial charge in [0.1, 0.15) is 11.5 Å². The molecule has 2 aromatic rings. The summed E-state index contributed by atoms with van der Waals surface area (Å²) in [7, 11) is 3.23. The van der Waals surface area contributed by atoms with Gasteiger partial charge in [0.2, 0.25) is 0 Å². The van der Waals surface area contributed by atoms with Crippen molar-refractivity contribution in [2.45, 2.75) is 11.8 Å². The lowest BCUT2D eigenvalue weighted by atomic mass is 10.2. The van der Waals surface area contributed by atoms with E-state index in [2.05, 4.69) is 41.5 Å². The van der Waals surface area contributed by atoms with Crippen LogP contribution in [0, 0.1) is 6.92 Å². The average Bonchev–Trinajstić information content (AvgIpc) is 2.60. The molecular formula is C18H23N3O2S. The van der Waals surface area contributed by atoms with Crippen LogP contribution in [0.5, 0.6) is 11.5 Å². The topological polar surface area (TPSA) is 68.9 Å². The van der Waals surface area contributed by atoms with Gasteiger partial charge < -0.3 is 20.5 Å². The fourth-order valence-corrected chi connectivity index (χ4v) is 2.80. The van der Waals surface area contributed by atoms with Crippen LogP contribution >= 0.6 is 11.8 Å². The van der Waals surface area contributed by atoms with Crippen molar-refractivity contribution >= 4 is 23.4 Å². The van der Waals surface area contributed by atoms with Gasteiger partial charge in [-0.25, -0.2) is 0 Å². The lowest BCUT2D eigenvalue weighted by molar-refractivity contribution is 0.405. The van der Waals surface area contributed by atoms with Gasteiger partial charge in [-0.2, -0.15) is 0 Å². The summed E-state index contributed by atoms with van der Waals surface area (Å²) in [6, 6.07) is 13.9. The maximum absolute atomic E-state index is 5.95. The van der Waals surface area contributed by atoms with Crippen LogP contribution in [0.4, 0.5) is 5.69 Å². The predicted molar refractivity (Wildman–Crippen MR) is 102 cm³/mol. The molecule has 0 aliphatic heterocycles. The highest BCUT2D eigenvalue weighted by molar-refractivity contribution is 7.99. The third-order valence-corrected chi connectivity index (χ3v) is 4.32. The van der Waals surface area contributed by atoms with E-state index in [0.29, 0.717) is 18.3 Å². The Hall–Kier alpha value is -2.34. The third kappa shape index (κ3) is 5.38. The molecule has 0 amide bonds. The number of methoxy groups -OCH3 is 2. The van der Waals surface area contributed by atoms with E-state index in [1.807, 2.05) is 18.2 Å². The van der Waals surface area contributed by atoms with Gasteiger partial charge in [0, 0.05) is 16.7 Å². The molecule has 0 unspecified atom stereocenters. The number of hydrogen-bond donors (Lipinski definition) is 2. The second-order valence-corrected chi connectivity index (χ2v) is 6.29. The largest absolute Gasteiger partial charge is 0.497 e. The van der Waals surface area contributed by atoms with Gasteiger partial charge in [0.15, 0.2) is 5.96 Å². The molecule has 5 nitrogen and oxygen atoms in total. The number of nitrogens with two attached hydrogens (primary N) is 1. The number of hydrogen-bond acceptors (Lipinski definition) is 4. The number of aliphatic imine (C=N–C) groups is 1. The summed E-state index contributed by atoms with van der Waals surface area (Å²) in [5.41, 5.74) is 7.94. The number of rotatable bonds is 7. The van der Waals surface area contributed by atoms with Crippen molar-refractivity contribution in [1.29, 1.82) is 0 Å². The minimum atomic E-state index is 0.353. The number of guanidine groups is 1. The predicted octanol–water partition coefficient (Wildman–Crippen LogP) is 3.53. The van der Waals surface area contributed by atoms with Crippen molar-refractivity contribution in [2.24, 2.45) is 10.7 Å². The quantitative estimate of drug-likeness (QED) is 0.348.